The molecule has 0 aliphatic carbocycles. The standard InChI is InChI=1S/C11H13ClN2O/c1-7-9(14-12)10(13-11(7)15)8-5-3-2-4-6-8/h2-7,9-10,14H,1H3,(H,13,15)/t7?,9-,10?/m0/s1. The molecule has 1 aliphatic heterocycles. The smallest absolute Gasteiger partial charge is 0.225 e. The molecule has 0 aromatic heterocycles. The Labute approximate surface area is 93.9 Å². The highest BCUT2D eigenvalue weighted by Crippen LogP contribution is 2.28. The van der Waals surface area contributed by atoms with Gasteiger partial charge in [0, 0.05) is 0 Å². The van der Waals surface area contributed by atoms with Gasteiger partial charge in [-0.2, -0.15) is 0 Å². The lowest BCUT2D eigenvalue weighted by molar-refractivity contribution is -0.122. The van der Waals surface area contributed by atoms with E-state index in [1.54, 1.807) is 0 Å². The van der Waals surface area contributed by atoms with E-state index in [4.69, 9.17) is 11.8 Å². The van der Waals surface area contributed by atoms with Gasteiger partial charge >= 0.3 is 0 Å². The SMILES string of the molecule is CC1C(=O)NC(c2ccccc2)[C@H]1NCl. The second-order valence-corrected chi connectivity index (χ2v) is 4.04. The van der Waals surface area contributed by atoms with E-state index in [0.717, 1.165) is 5.56 Å². The van der Waals surface area contributed by atoms with Crippen LogP contribution in [0.25, 0.3) is 0 Å². The molecule has 15 heavy (non-hydrogen) atoms. The van der Waals surface area contributed by atoms with E-state index in [2.05, 4.69) is 10.2 Å². The Hall–Kier alpha value is -1.06. The molecule has 3 nitrogen and oxygen atoms in total. The highest BCUT2D eigenvalue weighted by Gasteiger charge is 2.39. The molecule has 0 radical (unpaired) electrons. The molecule has 1 aliphatic rings. The number of benzene rings is 1. The maximum absolute atomic E-state index is 11.5. The third-order valence-corrected chi connectivity index (χ3v) is 3.15. The van der Waals surface area contributed by atoms with Gasteiger partial charge < -0.3 is 5.32 Å². The zero-order valence-corrected chi connectivity index (χ0v) is 9.16. The molecule has 0 bridgehead atoms. The van der Waals surface area contributed by atoms with E-state index in [0.29, 0.717) is 0 Å². The minimum atomic E-state index is -0.104. The summed E-state index contributed by atoms with van der Waals surface area (Å²) in [6.07, 6.45) is 0. The predicted molar refractivity (Wildman–Crippen MR) is 59.3 cm³/mol. The Morgan fingerprint density at radius 2 is 2.00 bits per heavy atom. The Balaban J connectivity index is 2.27. The van der Waals surface area contributed by atoms with E-state index < -0.39 is 0 Å². The van der Waals surface area contributed by atoms with Crippen molar-refractivity contribution < 1.29 is 4.79 Å². The molecule has 1 aromatic rings. The van der Waals surface area contributed by atoms with Gasteiger partial charge in [0.15, 0.2) is 0 Å². The second kappa shape index (κ2) is 4.21. The van der Waals surface area contributed by atoms with E-state index in [-0.39, 0.29) is 23.9 Å². The molecule has 1 aromatic carbocycles. The first-order chi connectivity index (χ1) is 7.24. The minimum Gasteiger partial charge on any atom is -0.347 e. The first-order valence-electron chi connectivity index (χ1n) is 4.95. The summed E-state index contributed by atoms with van der Waals surface area (Å²) >= 11 is 5.67. The van der Waals surface area contributed by atoms with E-state index in [9.17, 15) is 4.79 Å². The summed E-state index contributed by atoms with van der Waals surface area (Å²) in [7, 11) is 0. The summed E-state index contributed by atoms with van der Waals surface area (Å²) < 4.78 is 0. The van der Waals surface area contributed by atoms with Crippen molar-refractivity contribution in [3.8, 4) is 0 Å². The monoisotopic (exact) mass is 224 g/mol. The molecule has 1 fully saturated rings. The van der Waals surface area contributed by atoms with Crippen molar-refractivity contribution in [2.24, 2.45) is 5.92 Å². The van der Waals surface area contributed by atoms with E-state index in [1.807, 2.05) is 37.3 Å². The normalized spacial score (nSPS) is 30.3. The maximum Gasteiger partial charge on any atom is 0.225 e. The summed E-state index contributed by atoms with van der Waals surface area (Å²) in [5, 5.41) is 2.94. The molecule has 1 heterocycles. The van der Waals surface area contributed by atoms with Gasteiger partial charge in [-0.05, 0) is 17.3 Å². The first-order valence-corrected chi connectivity index (χ1v) is 5.33. The predicted octanol–water partition coefficient (Wildman–Crippen LogP) is 1.61. The Morgan fingerprint density at radius 3 is 2.60 bits per heavy atom. The van der Waals surface area contributed by atoms with E-state index in [1.165, 1.54) is 0 Å². The molecule has 2 N–H and O–H groups in total. The Bertz CT molecular complexity index is 355. The molecule has 1 saturated heterocycles. The van der Waals surface area contributed by atoms with Crippen LogP contribution in [0.1, 0.15) is 18.5 Å². The van der Waals surface area contributed by atoms with Gasteiger partial charge in [0.05, 0.1) is 18.0 Å². The lowest BCUT2D eigenvalue weighted by atomic mass is 9.96. The largest absolute Gasteiger partial charge is 0.347 e. The fourth-order valence-corrected chi connectivity index (χ4v) is 2.25. The quantitative estimate of drug-likeness (QED) is 0.750. The van der Waals surface area contributed by atoms with Gasteiger partial charge in [0.25, 0.3) is 0 Å². The van der Waals surface area contributed by atoms with Crippen molar-refractivity contribution in [2.75, 3.05) is 0 Å². The number of rotatable bonds is 2. The molecule has 0 spiro atoms. The molecule has 2 rings (SSSR count). The van der Waals surface area contributed by atoms with Crippen molar-refractivity contribution in [1.29, 1.82) is 0 Å². The van der Waals surface area contributed by atoms with Gasteiger partial charge in [-0.15, -0.1) is 0 Å². The van der Waals surface area contributed by atoms with Gasteiger partial charge in [-0.3, -0.25) is 4.79 Å². The highest BCUT2D eigenvalue weighted by molar-refractivity contribution is 6.14. The second-order valence-electron chi connectivity index (χ2n) is 3.82. The van der Waals surface area contributed by atoms with Gasteiger partial charge in [-0.25, -0.2) is 4.84 Å². The van der Waals surface area contributed by atoms with Crippen LogP contribution in [-0.2, 0) is 4.79 Å². The van der Waals surface area contributed by atoms with Crippen LogP contribution in [-0.4, -0.2) is 11.9 Å². The van der Waals surface area contributed by atoms with Crippen LogP contribution in [0.4, 0.5) is 0 Å². The Morgan fingerprint density at radius 1 is 1.33 bits per heavy atom. The van der Waals surface area contributed by atoms with Crippen LogP contribution in [0.5, 0.6) is 0 Å². The summed E-state index contributed by atoms with van der Waals surface area (Å²) in [5.74, 6) is -0.0605. The topological polar surface area (TPSA) is 41.1 Å². The Kier molecular flexibility index (Phi) is 2.93. The zero-order chi connectivity index (χ0) is 10.8. The third kappa shape index (κ3) is 1.85. The van der Waals surface area contributed by atoms with Crippen molar-refractivity contribution in [3.63, 3.8) is 0 Å². The highest BCUT2D eigenvalue weighted by atomic mass is 35.5. The van der Waals surface area contributed by atoms with Crippen LogP contribution >= 0.6 is 11.8 Å². The van der Waals surface area contributed by atoms with Crippen molar-refractivity contribution >= 4 is 17.7 Å². The number of halogens is 1. The molecule has 2 unspecified atom stereocenters. The molecule has 4 heteroatoms. The summed E-state index contributed by atoms with van der Waals surface area (Å²) in [4.78, 5) is 14.2. The van der Waals surface area contributed by atoms with Crippen LogP contribution in [0.2, 0.25) is 0 Å². The summed E-state index contributed by atoms with van der Waals surface area (Å²) in [6.45, 7) is 1.87. The lowest BCUT2D eigenvalue weighted by Crippen LogP contribution is -2.31. The third-order valence-electron chi connectivity index (χ3n) is 2.89. The van der Waals surface area contributed by atoms with Crippen molar-refractivity contribution in [2.45, 2.75) is 19.0 Å². The average molecular weight is 225 g/mol. The first kappa shape index (κ1) is 10.5. The van der Waals surface area contributed by atoms with Gasteiger partial charge in [-0.1, -0.05) is 37.3 Å². The van der Waals surface area contributed by atoms with Gasteiger partial charge in [0.1, 0.15) is 0 Å². The van der Waals surface area contributed by atoms with Crippen molar-refractivity contribution in [1.82, 2.24) is 10.2 Å². The molecule has 1 amide bonds. The fourth-order valence-electron chi connectivity index (χ4n) is 1.93. The average Bonchev–Trinajstić information content (AvgIpc) is 2.56. The summed E-state index contributed by atoms with van der Waals surface area (Å²) in [6, 6.07) is 9.75. The van der Waals surface area contributed by atoms with E-state index >= 15 is 0 Å². The van der Waals surface area contributed by atoms with Crippen molar-refractivity contribution in [3.05, 3.63) is 35.9 Å². The lowest BCUT2D eigenvalue weighted by Gasteiger charge is -2.19. The molecular formula is C11H13ClN2O. The van der Waals surface area contributed by atoms with Crippen LogP contribution in [0.15, 0.2) is 30.3 Å². The fraction of sp³-hybridized carbons (Fsp3) is 0.364. The maximum atomic E-state index is 11.5. The summed E-state index contributed by atoms with van der Waals surface area (Å²) in [5.41, 5.74) is 1.08. The zero-order valence-electron chi connectivity index (χ0n) is 8.41. The molecule has 80 valence electrons. The number of carbonyl (C=O) groups excluding carboxylic acids is 1. The minimum absolute atomic E-state index is 0.0359. The number of nitrogens with one attached hydrogen (secondary N) is 2. The molecule has 3 atom stereocenters. The van der Waals surface area contributed by atoms with Crippen LogP contribution < -0.4 is 10.2 Å². The number of amides is 1. The van der Waals surface area contributed by atoms with Gasteiger partial charge in [0.2, 0.25) is 5.91 Å². The number of hydrogen-bond donors (Lipinski definition) is 2. The number of carbonyl (C=O) groups is 1. The molecule has 0 saturated carbocycles. The van der Waals surface area contributed by atoms with Crippen LogP contribution in [0.3, 0.4) is 0 Å². The number of hydrogen-bond acceptors (Lipinski definition) is 2. The van der Waals surface area contributed by atoms with Crippen LogP contribution in [0, 0.1) is 5.92 Å². The molecular weight excluding hydrogens is 212 g/mol.